The maximum absolute atomic E-state index is 12.0. The average molecular weight is 395 g/mol. The summed E-state index contributed by atoms with van der Waals surface area (Å²) >= 11 is 5.08. The SMILES string of the molecule is FC(F)(F)OC(CI)c1ccc(Br)cc1. The topological polar surface area (TPSA) is 9.23 Å². The van der Waals surface area contributed by atoms with Gasteiger partial charge >= 0.3 is 6.36 Å². The van der Waals surface area contributed by atoms with E-state index in [1.807, 2.05) is 22.6 Å². The maximum Gasteiger partial charge on any atom is 0.523 e. The van der Waals surface area contributed by atoms with Crippen LogP contribution in [0.25, 0.3) is 0 Å². The zero-order valence-electron chi connectivity index (χ0n) is 7.39. The summed E-state index contributed by atoms with van der Waals surface area (Å²) < 4.78 is 41.1. The standard InChI is InChI=1S/C9H7BrF3IO/c10-7-3-1-6(2-4-7)8(5-14)15-9(11,12)13/h1-4,8H,5H2. The van der Waals surface area contributed by atoms with Crippen molar-refractivity contribution in [2.24, 2.45) is 0 Å². The van der Waals surface area contributed by atoms with Gasteiger partial charge in [-0.3, -0.25) is 4.74 Å². The molecule has 1 aromatic carbocycles. The molecule has 0 aromatic heterocycles. The van der Waals surface area contributed by atoms with Gasteiger partial charge in [-0.1, -0.05) is 50.7 Å². The number of hydrogen-bond acceptors (Lipinski definition) is 1. The Kier molecular flexibility index (Phi) is 4.85. The highest BCUT2D eigenvalue weighted by Crippen LogP contribution is 2.29. The molecule has 1 unspecified atom stereocenters. The number of benzene rings is 1. The smallest absolute Gasteiger partial charge is 0.283 e. The van der Waals surface area contributed by atoms with Gasteiger partial charge in [0.05, 0.1) is 0 Å². The van der Waals surface area contributed by atoms with Crippen LogP contribution in [0.1, 0.15) is 11.7 Å². The molecule has 0 radical (unpaired) electrons. The Bertz CT molecular complexity index is 312. The summed E-state index contributed by atoms with van der Waals surface area (Å²) in [6.07, 6.45) is -5.54. The number of rotatable bonds is 3. The summed E-state index contributed by atoms with van der Waals surface area (Å²) in [5.74, 6) is 0. The molecule has 0 heterocycles. The third-order valence-electron chi connectivity index (χ3n) is 1.66. The van der Waals surface area contributed by atoms with Gasteiger partial charge in [-0.2, -0.15) is 0 Å². The van der Waals surface area contributed by atoms with Gasteiger partial charge in [0.1, 0.15) is 6.10 Å². The Balaban J connectivity index is 2.79. The van der Waals surface area contributed by atoms with Gasteiger partial charge in [-0.05, 0) is 17.7 Å². The monoisotopic (exact) mass is 394 g/mol. The third kappa shape index (κ3) is 4.69. The second kappa shape index (κ2) is 5.49. The van der Waals surface area contributed by atoms with E-state index in [4.69, 9.17) is 0 Å². The van der Waals surface area contributed by atoms with Crippen molar-refractivity contribution in [3.63, 3.8) is 0 Å². The van der Waals surface area contributed by atoms with Crippen molar-refractivity contribution in [3.05, 3.63) is 34.3 Å². The van der Waals surface area contributed by atoms with E-state index >= 15 is 0 Å². The average Bonchev–Trinajstić information content (AvgIpc) is 2.14. The van der Waals surface area contributed by atoms with Gasteiger partial charge in [0, 0.05) is 8.90 Å². The van der Waals surface area contributed by atoms with Crippen LogP contribution in [0.5, 0.6) is 0 Å². The second-order valence-corrected chi connectivity index (χ2v) is 4.55. The first-order valence-corrected chi connectivity index (χ1v) is 6.30. The molecule has 0 aliphatic heterocycles. The Hall–Kier alpha value is 0.180. The molecule has 0 N–H and O–H groups in total. The van der Waals surface area contributed by atoms with Crippen molar-refractivity contribution >= 4 is 38.5 Å². The first-order chi connectivity index (χ1) is 6.92. The van der Waals surface area contributed by atoms with E-state index in [2.05, 4.69) is 20.7 Å². The zero-order chi connectivity index (χ0) is 11.5. The molecule has 1 aromatic rings. The first-order valence-electron chi connectivity index (χ1n) is 3.98. The second-order valence-electron chi connectivity index (χ2n) is 2.76. The molecule has 0 fully saturated rings. The van der Waals surface area contributed by atoms with Crippen molar-refractivity contribution in [1.29, 1.82) is 0 Å². The van der Waals surface area contributed by atoms with Gasteiger partial charge in [0.15, 0.2) is 0 Å². The van der Waals surface area contributed by atoms with Gasteiger partial charge < -0.3 is 0 Å². The Labute approximate surface area is 107 Å². The Morgan fingerprint density at radius 1 is 1.27 bits per heavy atom. The van der Waals surface area contributed by atoms with Crippen molar-refractivity contribution in [2.75, 3.05) is 4.43 Å². The van der Waals surface area contributed by atoms with Crippen LogP contribution in [-0.2, 0) is 4.74 Å². The van der Waals surface area contributed by atoms with Crippen molar-refractivity contribution in [2.45, 2.75) is 12.5 Å². The lowest BCUT2D eigenvalue weighted by Gasteiger charge is -2.17. The molecule has 84 valence electrons. The van der Waals surface area contributed by atoms with E-state index in [1.54, 1.807) is 24.3 Å². The van der Waals surface area contributed by atoms with Crippen molar-refractivity contribution in [3.8, 4) is 0 Å². The molecule has 1 nitrogen and oxygen atoms in total. The largest absolute Gasteiger partial charge is 0.523 e. The molecule has 0 spiro atoms. The van der Waals surface area contributed by atoms with Crippen LogP contribution >= 0.6 is 38.5 Å². The molecule has 0 aliphatic carbocycles. The van der Waals surface area contributed by atoms with Crippen molar-refractivity contribution in [1.82, 2.24) is 0 Å². The zero-order valence-corrected chi connectivity index (χ0v) is 11.1. The predicted octanol–water partition coefficient (Wildman–Crippen LogP) is 4.46. The molecule has 0 aliphatic rings. The summed E-state index contributed by atoms with van der Waals surface area (Å²) in [5.41, 5.74) is 0.518. The van der Waals surface area contributed by atoms with Crippen LogP contribution in [0.15, 0.2) is 28.7 Å². The number of halogens is 5. The highest BCUT2D eigenvalue weighted by atomic mass is 127. The van der Waals surface area contributed by atoms with Gasteiger partial charge in [-0.25, -0.2) is 0 Å². The lowest BCUT2D eigenvalue weighted by atomic mass is 10.1. The molecule has 15 heavy (non-hydrogen) atoms. The number of ether oxygens (including phenoxy) is 1. The lowest BCUT2D eigenvalue weighted by molar-refractivity contribution is -0.341. The summed E-state index contributed by atoms with van der Waals surface area (Å²) in [6.45, 7) is 0. The fraction of sp³-hybridized carbons (Fsp3) is 0.333. The fourth-order valence-corrected chi connectivity index (χ4v) is 1.98. The normalized spacial score (nSPS) is 13.9. The molecular weight excluding hydrogens is 388 g/mol. The number of hydrogen-bond donors (Lipinski definition) is 0. The van der Waals surface area contributed by atoms with Crippen LogP contribution < -0.4 is 0 Å². The highest BCUT2D eigenvalue weighted by molar-refractivity contribution is 14.1. The molecule has 1 atom stereocenters. The maximum atomic E-state index is 12.0. The van der Waals surface area contributed by atoms with E-state index in [0.29, 0.717) is 5.56 Å². The van der Waals surface area contributed by atoms with Gasteiger partial charge in [-0.15, -0.1) is 13.2 Å². The summed E-state index contributed by atoms with van der Waals surface area (Å²) in [4.78, 5) is 0. The van der Waals surface area contributed by atoms with Gasteiger partial charge in [0.25, 0.3) is 0 Å². The molecule has 0 saturated heterocycles. The quantitative estimate of drug-likeness (QED) is 0.543. The van der Waals surface area contributed by atoms with Crippen LogP contribution in [-0.4, -0.2) is 10.8 Å². The van der Waals surface area contributed by atoms with Crippen molar-refractivity contribution < 1.29 is 17.9 Å². The molecule has 1 rings (SSSR count). The summed E-state index contributed by atoms with van der Waals surface area (Å²) in [7, 11) is 0. The van der Waals surface area contributed by atoms with E-state index in [-0.39, 0.29) is 4.43 Å². The molecular formula is C9H7BrF3IO. The fourth-order valence-electron chi connectivity index (χ4n) is 1.03. The molecule has 0 bridgehead atoms. The molecule has 0 saturated carbocycles. The van der Waals surface area contributed by atoms with E-state index in [0.717, 1.165) is 4.47 Å². The minimum atomic E-state index is -4.59. The summed E-state index contributed by atoms with van der Waals surface area (Å²) in [5, 5.41) is 0. The third-order valence-corrected chi connectivity index (χ3v) is 2.99. The Morgan fingerprint density at radius 2 is 1.80 bits per heavy atom. The summed E-state index contributed by atoms with van der Waals surface area (Å²) in [6, 6.07) is 6.60. The van der Waals surface area contributed by atoms with E-state index < -0.39 is 12.5 Å². The van der Waals surface area contributed by atoms with E-state index in [9.17, 15) is 13.2 Å². The Morgan fingerprint density at radius 3 is 2.20 bits per heavy atom. The highest BCUT2D eigenvalue weighted by Gasteiger charge is 2.33. The van der Waals surface area contributed by atoms with Crippen LogP contribution in [0.2, 0.25) is 0 Å². The molecule has 0 amide bonds. The molecule has 6 heteroatoms. The lowest BCUT2D eigenvalue weighted by Crippen LogP contribution is -2.19. The predicted molar refractivity (Wildman–Crippen MR) is 62.9 cm³/mol. The van der Waals surface area contributed by atoms with E-state index in [1.165, 1.54) is 0 Å². The van der Waals surface area contributed by atoms with Crippen LogP contribution in [0.4, 0.5) is 13.2 Å². The minimum absolute atomic E-state index is 0.249. The first kappa shape index (κ1) is 13.2. The number of alkyl halides is 4. The van der Waals surface area contributed by atoms with Gasteiger partial charge in [0.2, 0.25) is 0 Å². The minimum Gasteiger partial charge on any atom is -0.283 e. The van der Waals surface area contributed by atoms with Crippen LogP contribution in [0, 0.1) is 0 Å². The van der Waals surface area contributed by atoms with Crippen LogP contribution in [0.3, 0.4) is 0 Å².